The molecule has 2 aliphatic heterocycles. The van der Waals surface area contributed by atoms with Crippen molar-refractivity contribution in [3.05, 3.63) is 0 Å². The molecule has 1 spiro atoms. The Morgan fingerprint density at radius 3 is 2.58 bits per heavy atom. The Bertz CT molecular complexity index is 315. The van der Waals surface area contributed by atoms with E-state index < -0.39 is 5.79 Å². The molecule has 1 amide bonds. The highest BCUT2D eigenvalue weighted by molar-refractivity contribution is 5.68. The molecule has 0 saturated carbocycles. The molecule has 0 aromatic heterocycles. The maximum absolute atomic E-state index is 12.1. The van der Waals surface area contributed by atoms with Gasteiger partial charge in [0.25, 0.3) is 0 Å². The summed E-state index contributed by atoms with van der Waals surface area (Å²) in [6.45, 7) is 7.75. The maximum atomic E-state index is 12.1. The second-order valence-electron chi connectivity index (χ2n) is 5.41. The molecule has 5 heteroatoms. The van der Waals surface area contributed by atoms with E-state index in [4.69, 9.17) is 14.2 Å². The first-order valence-electron chi connectivity index (χ1n) is 7.35. The molecule has 0 aromatic carbocycles. The van der Waals surface area contributed by atoms with Gasteiger partial charge in [-0.15, -0.1) is 0 Å². The molecule has 0 aliphatic carbocycles. The molecule has 2 atom stereocenters. The van der Waals surface area contributed by atoms with Crippen LogP contribution in [-0.2, 0) is 14.2 Å². The fourth-order valence-corrected chi connectivity index (χ4v) is 3.28. The van der Waals surface area contributed by atoms with E-state index in [0.717, 1.165) is 25.7 Å². The summed E-state index contributed by atoms with van der Waals surface area (Å²) >= 11 is 0. The van der Waals surface area contributed by atoms with Crippen LogP contribution >= 0.6 is 0 Å². The first-order valence-corrected chi connectivity index (χ1v) is 7.35. The molecule has 0 bridgehead atoms. The third-order valence-corrected chi connectivity index (χ3v) is 3.94. The quantitative estimate of drug-likeness (QED) is 0.791. The van der Waals surface area contributed by atoms with Crippen LogP contribution in [0.5, 0.6) is 0 Å². The largest absolute Gasteiger partial charge is 0.450 e. The third kappa shape index (κ3) is 3.03. The topological polar surface area (TPSA) is 48.0 Å². The number of carbonyl (C=O) groups is 1. The van der Waals surface area contributed by atoms with Gasteiger partial charge in [0.05, 0.1) is 19.8 Å². The molecule has 2 heterocycles. The molecule has 2 unspecified atom stereocenters. The first kappa shape index (κ1) is 14.6. The number of hydrogen-bond acceptors (Lipinski definition) is 4. The first-order chi connectivity index (χ1) is 9.12. The number of piperidine rings is 1. The average Bonchev–Trinajstić information content (AvgIpc) is 2.77. The van der Waals surface area contributed by atoms with Crippen molar-refractivity contribution >= 4 is 6.09 Å². The Morgan fingerprint density at radius 1 is 1.32 bits per heavy atom. The zero-order chi connectivity index (χ0) is 13.9. The van der Waals surface area contributed by atoms with Gasteiger partial charge < -0.3 is 19.1 Å². The maximum Gasteiger partial charge on any atom is 0.410 e. The smallest absolute Gasteiger partial charge is 0.410 e. The predicted molar refractivity (Wildman–Crippen MR) is 70.9 cm³/mol. The molecule has 110 valence electrons. The van der Waals surface area contributed by atoms with E-state index in [9.17, 15) is 4.79 Å². The van der Waals surface area contributed by atoms with Gasteiger partial charge in [0.1, 0.15) is 0 Å². The summed E-state index contributed by atoms with van der Waals surface area (Å²) in [6, 6.07) is 0.230. The van der Waals surface area contributed by atoms with Crippen molar-refractivity contribution in [3.8, 4) is 0 Å². The Kier molecular flexibility index (Phi) is 4.68. The number of ether oxygens (including phenoxy) is 3. The van der Waals surface area contributed by atoms with Gasteiger partial charge in [-0.25, -0.2) is 4.79 Å². The Morgan fingerprint density at radius 2 is 2.00 bits per heavy atom. The van der Waals surface area contributed by atoms with E-state index in [-0.39, 0.29) is 18.2 Å². The van der Waals surface area contributed by atoms with Crippen LogP contribution < -0.4 is 0 Å². The summed E-state index contributed by atoms with van der Waals surface area (Å²) in [7, 11) is 0. The van der Waals surface area contributed by atoms with Gasteiger partial charge in [-0.2, -0.15) is 0 Å². The summed E-state index contributed by atoms with van der Waals surface area (Å²) in [5.41, 5.74) is 0. The Labute approximate surface area is 115 Å². The summed E-state index contributed by atoms with van der Waals surface area (Å²) < 4.78 is 16.8. The molecule has 2 fully saturated rings. The van der Waals surface area contributed by atoms with Crippen LogP contribution in [-0.4, -0.2) is 48.7 Å². The minimum absolute atomic E-state index is 0.0856. The predicted octanol–water partition coefficient (Wildman–Crippen LogP) is 2.54. The van der Waals surface area contributed by atoms with Gasteiger partial charge in [-0.3, -0.25) is 0 Å². The second kappa shape index (κ2) is 6.09. The lowest BCUT2D eigenvalue weighted by Gasteiger charge is -2.46. The molecule has 2 rings (SSSR count). The molecule has 2 aliphatic rings. The fourth-order valence-electron chi connectivity index (χ4n) is 3.28. The van der Waals surface area contributed by atoms with Crippen molar-refractivity contribution < 1.29 is 19.0 Å². The van der Waals surface area contributed by atoms with Crippen LogP contribution in [0.2, 0.25) is 0 Å². The molecule has 0 aromatic rings. The number of rotatable bonds is 3. The van der Waals surface area contributed by atoms with Crippen LogP contribution in [0.3, 0.4) is 0 Å². The number of amides is 1. The molecular weight excluding hydrogens is 246 g/mol. The summed E-state index contributed by atoms with van der Waals surface area (Å²) in [4.78, 5) is 14.0. The van der Waals surface area contributed by atoms with Gasteiger partial charge in [-0.05, 0) is 20.3 Å². The second-order valence-corrected chi connectivity index (χ2v) is 5.41. The normalized spacial score (nSPS) is 29.7. The average molecular weight is 271 g/mol. The van der Waals surface area contributed by atoms with Crippen molar-refractivity contribution in [2.75, 3.05) is 19.8 Å². The lowest BCUT2D eigenvalue weighted by atomic mass is 9.89. The van der Waals surface area contributed by atoms with Crippen molar-refractivity contribution in [1.29, 1.82) is 0 Å². The van der Waals surface area contributed by atoms with Crippen LogP contribution in [0.15, 0.2) is 0 Å². The van der Waals surface area contributed by atoms with Gasteiger partial charge in [0.2, 0.25) is 0 Å². The summed E-state index contributed by atoms with van der Waals surface area (Å²) in [5, 5.41) is 0. The van der Waals surface area contributed by atoms with Crippen molar-refractivity contribution in [2.24, 2.45) is 0 Å². The lowest BCUT2D eigenvalue weighted by molar-refractivity contribution is -0.203. The van der Waals surface area contributed by atoms with E-state index in [1.165, 1.54) is 0 Å². The van der Waals surface area contributed by atoms with Crippen molar-refractivity contribution in [3.63, 3.8) is 0 Å². The van der Waals surface area contributed by atoms with Crippen LogP contribution in [0, 0.1) is 0 Å². The molecule has 5 nitrogen and oxygen atoms in total. The van der Waals surface area contributed by atoms with Crippen molar-refractivity contribution in [1.82, 2.24) is 4.90 Å². The van der Waals surface area contributed by atoms with E-state index in [2.05, 4.69) is 6.92 Å². The van der Waals surface area contributed by atoms with E-state index in [1.807, 2.05) is 18.7 Å². The highest BCUT2D eigenvalue weighted by Crippen LogP contribution is 2.39. The van der Waals surface area contributed by atoms with Crippen LogP contribution in [0.4, 0.5) is 4.79 Å². The highest BCUT2D eigenvalue weighted by Gasteiger charge is 2.48. The zero-order valence-corrected chi connectivity index (χ0v) is 12.2. The number of nitrogens with zero attached hydrogens (tertiary/aromatic N) is 1. The minimum Gasteiger partial charge on any atom is -0.450 e. The third-order valence-electron chi connectivity index (χ3n) is 3.94. The van der Waals surface area contributed by atoms with Crippen LogP contribution in [0.1, 0.15) is 46.5 Å². The minimum atomic E-state index is -0.470. The Hall–Kier alpha value is -0.810. The zero-order valence-electron chi connectivity index (χ0n) is 12.2. The van der Waals surface area contributed by atoms with E-state index in [0.29, 0.717) is 19.8 Å². The molecule has 0 radical (unpaired) electrons. The number of carbonyl (C=O) groups excluding carboxylic acids is 1. The van der Waals surface area contributed by atoms with Gasteiger partial charge >= 0.3 is 6.09 Å². The number of likely N-dealkylation sites (tertiary alicyclic amines) is 1. The molecule has 19 heavy (non-hydrogen) atoms. The van der Waals surface area contributed by atoms with Gasteiger partial charge in [-0.1, -0.05) is 13.3 Å². The number of hydrogen-bond donors (Lipinski definition) is 0. The van der Waals surface area contributed by atoms with Crippen molar-refractivity contribution in [2.45, 2.75) is 64.3 Å². The van der Waals surface area contributed by atoms with E-state index >= 15 is 0 Å². The highest BCUT2D eigenvalue weighted by atomic mass is 16.7. The van der Waals surface area contributed by atoms with Crippen LogP contribution in [0.25, 0.3) is 0 Å². The van der Waals surface area contributed by atoms with Gasteiger partial charge in [0, 0.05) is 24.9 Å². The fraction of sp³-hybridized carbons (Fsp3) is 0.929. The molecule has 0 N–H and O–H groups in total. The Balaban J connectivity index is 2.12. The standard InChI is InChI=1S/C14H25NO4/c1-4-6-12-10-14(18-7-8-19-14)9-11(3)15(12)13(16)17-5-2/h11-12H,4-10H2,1-3H3. The summed E-state index contributed by atoms with van der Waals surface area (Å²) in [6.07, 6.45) is 3.26. The van der Waals surface area contributed by atoms with E-state index in [1.54, 1.807) is 0 Å². The summed E-state index contributed by atoms with van der Waals surface area (Å²) in [5.74, 6) is -0.470. The monoisotopic (exact) mass is 271 g/mol. The van der Waals surface area contributed by atoms with Gasteiger partial charge in [0.15, 0.2) is 5.79 Å². The molecule has 2 saturated heterocycles. The SMILES string of the molecule is CCCC1CC2(CC(C)N1C(=O)OCC)OCCO2. The molecular formula is C14H25NO4. The lowest BCUT2D eigenvalue weighted by Crippen LogP contribution is -2.57.